The van der Waals surface area contributed by atoms with Crippen molar-refractivity contribution in [1.29, 1.82) is 0 Å². The first-order valence-electron chi connectivity index (χ1n) is 9.46. The van der Waals surface area contributed by atoms with Crippen molar-refractivity contribution in [1.82, 2.24) is 5.32 Å². The average Bonchev–Trinajstić information content (AvgIpc) is 2.64. The Labute approximate surface area is 188 Å². The number of carbonyl (C=O) groups excluding carboxylic acids is 1. The summed E-state index contributed by atoms with van der Waals surface area (Å²) in [7, 11) is -3.77. The largest absolute Gasteiger partial charge is 0.491 e. The van der Waals surface area contributed by atoms with Crippen LogP contribution in [0.2, 0.25) is 10.0 Å². The molecule has 0 heterocycles. The van der Waals surface area contributed by atoms with Gasteiger partial charge in [0, 0.05) is 10.0 Å². The van der Waals surface area contributed by atoms with Gasteiger partial charge >= 0.3 is 0 Å². The maximum Gasteiger partial charge on any atom is 0.244 e. The van der Waals surface area contributed by atoms with Crippen LogP contribution in [0.5, 0.6) is 5.75 Å². The van der Waals surface area contributed by atoms with Crippen LogP contribution in [0.3, 0.4) is 0 Å². The van der Waals surface area contributed by atoms with Gasteiger partial charge < -0.3 is 10.1 Å². The van der Waals surface area contributed by atoms with E-state index >= 15 is 0 Å². The topological polar surface area (TPSA) is 75.7 Å². The predicted octanol–water partition coefficient (Wildman–Crippen LogP) is 4.35. The Morgan fingerprint density at radius 1 is 1.17 bits per heavy atom. The SMILES string of the molecule is CC[C@H](C(=O)NCCOc1cccc(C)c1C)N(c1cc(Cl)cc(Cl)c1)S(C)(=O)=O. The summed E-state index contributed by atoms with van der Waals surface area (Å²) in [6, 6.07) is 9.25. The Balaban J connectivity index is 2.11. The number of hydrogen-bond donors (Lipinski definition) is 1. The Hall–Kier alpha value is -1.96. The van der Waals surface area contributed by atoms with E-state index in [1.807, 2.05) is 32.0 Å². The monoisotopic (exact) mass is 472 g/mol. The normalized spacial score (nSPS) is 12.3. The molecule has 0 aromatic heterocycles. The molecule has 0 unspecified atom stereocenters. The average molecular weight is 473 g/mol. The van der Waals surface area contributed by atoms with Crippen molar-refractivity contribution < 1.29 is 17.9 Å². The summed E-state index contributed by atoms with van der Waals surface area (Å²) in [4.78, 5) is 12.8. The molecule has 6 nitrogen and oxygen atoms in total. The number of benzene rings is 2. The number of nitrogens with zero attached hydrogens (tertiary/aromatic N) is 1. The number of rotatable bonds is 9. The fourth-order valence-electron chi connectivity index (χ4n) is 3.06. The van der Waals surface area contributed by atoms with Crippen molar-refractivity contribution in [3.05, 3.63) is 57.6 Å². The predicted molar refractivity (Wildman–Crippen MR) is 122 cm³/mol. The first-order valence-corrected chi connectivity index (χ1v) is 12.1. The van der Waals surface area contributed by atoms with Gasteiger partial charge in [-0.25, -0.2) is 8.42 Å². The molecule has 2 aromatic rings. The smallest absolute Gasteiger partial charge is 0.244 e. The van der Waals surface area contributed by atoms with E-state index in [0.717, 1.165) is 27.4 Å². The molecule has 0 saturated heterocycles. The molecule has 1 amide bonds. The van der Waals surface area contributed by atoms with Crippen molar-refractivity contribution in [2.75, 3.05) is 23.7 Å². The Morgan fingerprint density at radius 2 is 1.80 bits per heavy atom. The number of sulfonamides is 1. The number of ether oxygens (including phenoxy) is 1. The maximum absolute atomic E-state index is 12.8. The highest BCUT2D eigenvalue weighted by molar-refractivity contribution is 7.92. The summed E-state index contributed by atoms with van der Waals surface area (Å²) in [5.74, 6) is 0.325. The van der Waals surface area contributed by atoms with Crippen LogP contribution in [0, 0.1) is 13.8 Å². The highest BCUT2D eigenvalue weighted by atomic mass is 35.5. The van der Waals surface area contributed by atoms with E-state index in [9.17, 15) is 13.2 Å². The summed E-state index contributed by atoms with van der Waals surface area (Å²) >= 11 is 12.1. The minimum Gasteiger partial charge on any atom is -0.491 e. The second kappa shape index (κ2) is 10.4. The molecule has 2 aromatic carbocycles. The second-order valence-electron chi connectivity index (χ2n) is 6.95. The van der Waals surface area contributed by atoms with Gasteiger partial charge in [-0.15, -0.1) is 0 Å². The molecule has 0 aliphatic carbocycles. The van der Waals surface area contributed by atoms with Crippen LogP contribution in [0.15, 0.2) is 36.4 Å². The zero-order valence-corrected chi connectivity index (χ0v) is 19.7. The van der Waals surface area contributed by atoms with Crippen molar-refractivity contribution >= 4 is 44.8 Å². The summed E-state index contributed by atoms with van der Waals surface area (Å²) < 4.78 is 31.7. The Morgan fingerprint density at radius 3 is 2.37 bits per heavy atom. The second-order valence-corrected chi connectivity index (χ2v) is 9.68. The molecule has 0 saturated carbocycles. The fourth-order valence-corrected chi connectivity index (χ4v) is 4.77. The lowest BCUT2D eigenvalue weighted by atomic mass is 10.1. The lowest BCUT2D eigenvalue weighted by Gasteiger charge is -2.30. The molecule has 0 spiro atoms. The van der Waals surface area contributed by atoms with Gasteiger partial charge in [-0.1, -0.05) is 42.3 Å². The van der Waals surface area contributed by atoms with Gasteiger partial charge in [-0.2, -0.15) is 0 Å². The molecule has 1 atom stereocenters. The molecular weight excluding hydrogens is 447 g/mol. The van der Waals surface area contributed by atoms with Crippen molar-refractivity contribution in [3.8, 4) is 5.75 Å². The van der Waals surface area contributed by atoms with Crippen LogP contribution in [-0.2, 0) is 14.8 Å². The van der Waals surface area contributed by atoms with Gasteiger partial charge in [0.05, 0.1) is 18.5 Å². The zero-order chi connectivity index (χ0) is 22.5. The number of nitrogens with one attached hydrogen (secondary N) is 1. The van der Waals surface area contributed by atoms with Crippen molar-refractivity contribution in [2.24, 2.45) is 0 Å². The van der Waals surface area contributed by atoms with Gasteiger partial charge in [0.1, 0.15) is 18.4 Å². The van der Waals surface area contributed by atoms with E-state index in [1.54, 1.807) is 6.92 Å². The third kappa shape index (κ3) is 6.27. The van der Waals surface area contributed by atoms with E-state index in [2.05, 4.69) is 5.32 Å². The van der Waals surface area contributed by atoms with E-state index in [4.69, 9.17) is 27.9 Å². The summed E-state index contributed by atoms with van der Waals surface area (Å²) in [5.41, 5.74) is 2.39. The van der Waals surface area contributed by atoms with Crippen LogP contribution in [0.25, 0.3) is 0 Å². The van der Waals surface area contributed by atoms with Crippen LogP contribution >= 0.6 is 23.2 Å². The number of hydrogen-bond acceptors (Lipinski definition) is 4. The number of halogens is 2. The standard InChI is InChI=1S/C21H26Cl2N2O4S/c1-5-19(25(30(4,27)28)18-12-16(22)11-17(23)13-18)21(26)24-9-10-29-20-8-6-7-14(2)15(20)3/h6-8,11-13,19H,5,9-10H2,1-4H3,(H,24,26)/t19-/m1/s1. The lowest BCUT2D eigenvalue weighted by Crippen LogP contribution is -2.50. The molecule has 0 bridgehead atoms. The number of anilines is 1. The van der Waals surface area contributed by atoms with E-state index in [1.165, 1.54) is 18.2 Å². The van der Waals surface area contributed by atoms with Gasteiger partial charge in [-0.05, 0) is 55.7 Å². The third-order valence-electron chi connectivity index (χ3n) is 4.65. The molecule has 0 fully saturated rings. The van der Waals surface area contributed by atoms with Crippen LogP contribution in [0.4, 0.5) is 5.69 Å². The molecule has 0 radical (unpaired) electrons. The minimum absolute atomic E-state index is 0.233. The van der Waals surface area contributed by atoms with Crippen LogP contribution in [0.1, 0.15) is 24.5 Å². The van der Waals surface area contributed by atoms with Crippen molar-refractivity contribution in [3.63, 3.8) is 0 Å². The fraction of sp³-hybridized carbons (Fsp3) is 0.381. The molecule has 2 rings (SSSR count). The Bertz CT molecular complexity index is 992. The Kier molecular flexibility index (Phi) is 8.41. The lowest BCUT2D eigenvalue weighted by molar-refractivity contribution is -0.122. The van der Waals surface area contributed by atoms with Gasteiger partial charge in [0.15, 0.2) is 0 Å². The number of aryl methyl sites for hydroxylation is 1. The van der Waals surface area contributed by atoms with Gasteiger partial charge in [0.25, 0.3) is 0 Å². The molecule has 30 heavy (non-hydrogen) atoms. The summed E-state index contributed by atoms with van der Waals surface area (Å²) in [6.45, 7) is 6.19. The van der Waals surface area contributed by atoms with Gasteiger partial charge in [0.2, 0.25) is 15.9 Å². The molecule has 0 aliphatic heterocycles. The zero-order valence-electron chi connectivity index (χ0n) is 17.4. The highest BCUT2D eigenvalue weighted by Gasteiger charge is 2.31. The number of carbonyl (C=O) groups is 1. The maximum atomic E-state index is 12.8. The quantitative estimate of drug-likeness (QED) is 0.550. The molecule has 0 aliphatic rings. The summed E-state index contributed by atoms with van der Waals surface area (Å²) in [6.07, 6.45) is 1.31. The molecular formula is C21H26Cl2N2O4S. The van der Waals surface area contributed by atoms with E-state index in [0.29, 0.717) is 0 Å². The number of amides is 1. The van der Waals surface area contributed by atoms with Crippen LogP contribution in [-0.4, -0.2) is 39.8 Å². The molecule has 9 heteroatoms. The van der Waals surface area contributed by atoms with E-state index < -0.39 is 22.0 Å². The first kappa shape index (κ1) is 24.3. The molecule has 1 N–H and O–H groups in total. The summed E-state index contributed by atoms with van der Waals surface area (Å²) in [5, 5.41) is 3.32. The van der Waals surface area contributed by atoms with Crippen LogP contribution < -0.4 is 14.4 Å². The van der Waals surface area contributed by atoms with E-state index in [-0.39, 0.29) is 35.3 Å². The minimum atomic E-state index is -3.77. The highest BCUT2D eigenvalue weighted by Crippen LogP contribution is 2.29. The van der Waals surface area contributed by atoms with Crippen molar-refractivity contribution in [2.45, 2.75) is 33.2 Å². The van der Waals surface area contributed by atoms with Gasteiger partial charge in [-0.3, -0.25) is 9.10 Å². The third-order valence-corrected chi connectivity index (χ3v) is 6.26. The first-order chi connectivity index (χ1) is 14.0. The molecule has 164 valence electrons.